The van der Waals surface area contributed by atoms with Gasteiger partial charge in [-0.2, -0.15) is 5.26 Å². The molecule has 1 aromatic rings. The van der Waals surface area contributed by atoms with Gasteiger partial charge in [-0.25, -0.2) is 0 Å². The number of nitriles is 1. The van der Waals surface area contributed by atoms with Crippen LogP contribution in [0.4, 0.5) is 0 Å². The van der Waals surface area contributed by atoms with Gasteiger partial charge in [0.1, 0.15) is 6.07 Å². The predicted octanol–water partition coefficient (Wildman–Crippen LogP) is 2.50. The lowest BCUT2D eigenvalue weighted by atomic mass is 9.84. The number of rotatable bonds is 3. The molecule has 0 spiro atoms. The van der Waals surface area contributed by atoms with Crippen molar-refractivity contribution in [2.45, 2.75) is 45.4 Å². The topological polar surface area (TPSA) is 87.7 Å². The SMILES string of the molecule is CCC[C@H]1C(C#N)=C(N)Oc2n[nH]c(C(C)C)c21. The van der Waals surface area contributed by atoms with Crippen molar-refractivity contribution in [1.29, 1.82) is 5.26 Å². The zero-order valence-electron chi connectivity index (χ0n) is 10.9. The molecule has 0 saturated heterocycles. The molecule has 0 radical (unpaired) electrons. The van der Waals surface area contributed by atoms with Gasteiger partial charge in [0.05, 0.1) is 5.57 Å². The van der Waals surface area contributed by atoms with E-state index in [1.165, 1.54) is 0 Å². The zero-order valence-corrected chi connectivity index (χ0v) is 10.9. The minimum absolute atomic E-state index is 0.0000926. The molecule has 0 fully saturated rings. The molecule has 3 N–H and O–H groups in total. The van der Waals surface area contributed by atoms with E-state index in [2.05, 4.69) is 37.0 Å². The molecular weight excluding hydrogens is 228 g/mol. The van der Waals surface area contributed by atoms with Gasteiger partial charge in [-0.3, -0.25) is 5.10 Å². The molecule has 1 aliphatic heterocycles. The largest absolute Gasteiger partial charge is 0.420 e. The molecule has 2 rings (SSSR count). The van der Waals surface area contributed by atoms with Crippen LogP contribution < -0.4 is 10.5 Å². The molecule has 0 unspecified atom stereocenters. The van der Waals surface area contributed by atoms with E-state index in [0.717, 1.165) is 24.1 Å². The standard InChI is InChI=1S/C13H18N4O/c1-4-5-8-9(6-14)12(15)18-13-10(8)11(7(2)3)16-17-13/h7-8H,4-5,15H2,1-3H3,(H,16,17)/t8-/m0/s1. The van der Waals surface area contributed by atoms with Crippen molar-refractivity contribution in [1.82, 2.24) is 10.2 Å². The first-order valence-electron chi connectivity index (χ1n) is 6.25. The van der Waals surface area contributed by atoms with Crippen LogP contribution in [0, 0.1) is 11.3 Å². The van der Waals surface area contributed by atoms with Crippen LogP contribution in [0.15, 0.2) is 11.5 Å². The fourth-order valence-corrected chi connectivity index (χ4v) is 2.39. The molecular formula is C13H18N4O. The van der Waals surface area contributed by atoms with Gasteiger partial charge in [0.2, 0.25) is 11.8 Å². The lowest BCUT2D eigenvalue weighted by Gasteiger charge is -2.23. The number of nitrogens with one attached hydrogen (secondary N) is 1. The first-order valence-corrected chi connectivity index (χ1v) is 6.25. The fourth-order valence-electron chi connectivity index (χ4n) is 2.39. The van der Waals surface area contributed by atoms with Gasteiger partial charge >= 0.3 is 0 Å². The van der Waals surface area contributed by atoms with Crippen LogP contribution in [0.3, 0.4) is 0 Å². The first kappa shape index (κ1) is 12.5. The quantitative estimate of drug-likeness (QED) is 0.857. The number of fused-ring (bicyclic) bond motifs is 1. The van der Waals surface area contributed by atoms with Gasteiger partial charge in [-0.15, -0.1) is 5.10 Å². The van der Waals surface area contributed by atoms with Crippen LogP contribution in [0.1, 0.15) is 56.7 Å². The summed E-state index contributed by atoms with van der Waals surface area (Å²) in [6.45, 7) is 6.27. The lowest BCUT2D eigenvalue weighted by molar-refractivity contribution is 0.370. The second-order valence-electron chi connectivity index (χ2n) is 4.84. The Bertz CT molecular complexity index is 522. The number of allylic oxidation sites excluding steroid dienone is 1. The minimum Gasteiger partial charge on any atom is -0.420 e. The summed E-state index contributed by atoms with van der Waals surface area (Å²) in [7, 11) is 0. The third-order valence-corrected chi connectivity index (χ3v) is 3.24. The van der Waals surface area contributed by atoms with Gasteiger partial charge in [-0.1, -0.05) is 27.2 Å². The summed E-state index contributed by atoms with van der Waals surface area (Å²) >= 11 is 0. The number of nitrogens with two attached hydrogens (primary N) is 1. The summed E-state index contributed by atoms with van der Waals surface area (Å²) in [5.74, 6) is 1.02. The molecule has 1 aromatic heterocycles. The average molecular weight is 246 g/mol. The van der Waals surface area contributed by atoms with Crippen molar-refractivity contribution in [2.24, 2.45) is 5.73 Å². The van der Waals surface area contributed by atoms with Gasteiger partial charge < -0.3 is 10.5 Å². The van der Waals surface area contributed by atoms with Crippen molar-refractivity contribution in [2.75, 3.05) is 0 Å². The highest BCUT2D eigenvalue weighted by Gasteiger charge is 2.33. The van der Waals surface area contributed by atoms with E-state index in [0.29, 0.717) is 17.4 Å². The molecule has 5 heteroatoms. The molecule has 5 nitrogen and oxygen atoms in total. The molecule has 0 aromatic carbocycles. The molecule has 1 atom stereocenters. The number of nitrogens with zero attached hydrogens (tertiary/aromatic N) is 2. The van der Waals surface area contributed by atoms with Gasteiger partial charge in [0.25, 0.3) is 0 Å². The highest BCUT2D eigenvalue weighted by atomic mass is 16.5. The molecule has 96 valence electrons. The number of ether oxygens (including phenoxy) is 1. The van der Waals surface area contributed by atoms with Crippen molar-refractivity contribution in [3.63, 3.8) is 0 Å². The van der Waals surface area contributed by atoms with Crippen LogP contribution in [0.5, 0.6) is 5.88 Å². The van der Waals surface area contributed by atoms with E-state index >= 15 is 0 Å². The third kappa shape index (κ3) is 1.84. The molecule has 0 saturated carbocycles. The summed E-state index contributed by atoms with van der Waals surface area (Å²) in [5, 5.41) is 16.4. The summed E-state index contributed by atoms with van der Waals surface area (Å²) < 4.78 is 5.44. The predicted molar refractivity (Wildman–Crippen MR) is 67.8 cm³/mol. The Labute approximate surface area is 107 Å². The van der Waals surface area contributed by atoms with Crippen LogP contribution in [-0.2, 0) is 0 Å². The van der Waals surface area contributed by atoms with Crippen molar-refractivity contribution < 1.29 is 4.74 Å². The summed E-state index contributed by atoms with van der Waals surface area (Å²) in [4.78, 5) is 0. The summed E-state index contributed by atoms with van der Waals surface area (Å²) in [6, 6.07) is 2.17. The van der Waals surface area contributed by atoms with Crippen molar-refractivity contribution in [3.05, 3.63) is 22.7 Å². The van der Waals surface area contributed by atoms with E-state index in [9.17, 15) is 5.26 Å². The van der Waals surface area contributed by atoms with Gasteiger partial charge in [0, 0.05) is 17.2 Å². The maximum Gasteiger partial charge on any atom is 0.243 e. The lowest BCUT2D eigenvalue weighted by Crippen LogP contribution is -2.20. The highest BCUT2D eigenvalue weighted by molar-refractivity contribution is 5.49. The Morgan fingerprint density at radius 3 is 2.83 bits per heavy atom. The molecule has 2 heterocycles. The second kappa shape index (κ2) is 4.73. The number of aromatic amines is 1. The maximum atomic E-state index is 9.25. The summed E-state index contributed by atoms with van der Waals surface area (Å²) in [6.07, 6.45) is 1.85. The third-order valence-electron chi connectivity index (χ3n) is 3.24. The number of hydrogen-bond donors (Lipinski definition) is 2. The Morgan fingerprint density at radius 1 is 1.56 bits per heavy atom. The monoisotopic (exact) mass is 246 g/mol. The normalized spacial score (nSPS) is 18.5. The Kier molecular flexibility index (Phi) is 3.28. The van der Waals surface area contributed by atoms with Gasteiger partial charge in [0.15, 0.2) is 0 Å². The molecule has 0 bridgehead atoms. The van der Waals surface area contributed by atoms with E-state index < -0.39 is 0 Å². The van der Waals surface area contributed by atoms with Gasteiger partial charge in [-0.05, 0) is 12.3 Å². The minimum atomic E-state index is -0.0000926. The van der Waals surface area contributed by atoms with E-state index in [1.54, 1.807) is 0 Å². The average Bonchev–Trinajstić information content (AvgIpc) is 2.73. The van der Waals surface area contributed by atoms with E-state index in [1.807, 2.05) is 0 Å². The Hall–Kier alpha value is -1.96. The first-order chi connectivity index (χ1) is 8.60. The van der Waals surface area contributed by atoms with Crippen molar-refractivity contribution >= 4 is 0 Å². The molecule has 0 amide bonds. The molecule has 1 aliphatic rings. The van der Waals surface area contributed by atoms with Crippen LogP contribution in [0.2, 0.25) is 0 Å². The van der Waals surface area contributed by atoms with E-state index in [4.69, 9.17) is 10.5 Å². The van der Waals surface area contributed by atoms with Crippen molar-refractivity contribution in [3.8, 4) is 11.9 Å². The zero-order chi connectivity index (χ0) is 13.3. The maximum absolute atomic E-state index is 9.25. The van der Waals surface area contributed by atoms with Crippen LogP contribution in [-0.4, -0.2) is 10.2 Å². The molecule has 18 heavy (non-hydrogen) atoms. The fraction of sp³-hybridized carbons (Fsp3) is 0.538. The number of H-pyrrole nitrogens is 1. The Morgan fingerprint density at radius 2 is 2.28 bits per heavy atom. The number of aromatic nitrogens is 2. The molecule has 0 aliphatic carbocycles. The van der Waals surface area contributed by atoms with E-state index in [-0.39, 0.29) is 11.8 Å². The van der Waals surface area contributed by atoms with Crippen LogP contribution in [0.25, 0.3) is 0 Å². The highest BCUT2D eigenvalue weighted by Crippen LogP contribution is 2.42. The smallest absolute Gasteiger partial charge is 0.243 e. The number of hydrogen-bond acceptors (Lipinski definition) is 4. The summed E-state index contributed by atoms with van der Waals surface area (Å²) in [5.41, 5.74) is 8.34. The Balaban J connectivity index is 2.54. The van der Waals surface area contributed by atoms with Crippen LogP contribution >= 0.6 is 0 Å². The second-order valence-corrected chi connectivity index (χ2v) is 4.84.